The standard InChI is InChI=1S/C17H27F3N4O2/c1-21-16(22-9-4-11-24(2)13-17(18,19)20)23-10-12-26-15-7-5-14(25-3)6-8-15/h5-8H,4,9-13H2,1-3H3,(H2,21,22,23). The molecule has 0 heterocycles. The predicted molar refractivity (Wildman–Crippen MR) is 96.0 cm³/mol. The molecule has 1 rings (SSSR count). The Hall–Kier alpha value is -2.16. The van der Waals surface area contributed by atoms with E-state index in [0.29, 0.717) is 38.6 Å². The molecule has 0 unspecified atom stereocenters. The fraction of sp³-hybridized carbons (Fsp3) is 0.588. The number of rotatable bonds is 10. The molecule has 0 saturated heterocycles. The van der Waals surface area contributed by atoms with E-state index in [-0.39, 0.29) is 0 Å². The fourth-order valence-corrected chi connectivity index (χ4v) is 2.17. The zero-order chi connectivity index (χ0) is 19.4. The first-order valence-electron chi connectivity index (χ1n) is 8.30. The van der Waals surface area contributed by atoms with Crippen LogP contribution in [0, 0.1) is 0 Å². The Morgan fingerprint density at radius 2 is 1.73 bits per heavy atom. The van der Waals surface area contributed by atoms with Crippen LogP contribution in [0.25, 0.3) is 0 Å². The molecule has 1 aromatic carbocycles. The van der Waals surface area contributed by atoms with Gasteiger partial charge in [0.05, 0.1) is 20.2 Å². The number of aliphatic imine (C=N–C) groups is 1. The first-order valence-corrected chi connectivity index (χ1v) is 8.30. The summed E-state index contributed by atoms with van der Waals surface area (Å²) in [5, 5.41) is 6.14. The first kappa shape index (κ1) is 21.9. The molecule has 2 N–H and O–H groups in total. The van der Waals surface area contributed by atoms with Gasteiger partial charge in [-0.05, 0) is 44.3 Å². The Balaban J connectivity index is 2.14. The molecule has 0 aliphatic heterocycles. The number of benzene rings is 1. The summed E-state index contributed by atoms with van der Waals surface area (Å²) < 4.78 is 47.3. The van der Waals surface area contributed by atoms with Crippen molar-refractivity contribution in [2.45, 2.75) is 12.6 Å². The van der Waals surface area contributed by atoms with Crippen molar-refractivity contribution in [3.8, 4) is 11.5 Å². The lowest BCUT2D eigenvalue weighted by atomic mass is 10.3. The lowest BCUT2D eigenvalue weighted by Crippen LogP contribution is -2.40. The molecular weight excluding hydrogens is 349 g/mol. The van der Waals surface area contributed by atoms with Gasteiger partial charge in [-0.3, -0.25) is 9.89 Å². The van der Waals surface area contributed by atoms with Gasteiger partial charge in [-0.1, -0.05) is 0 Å². The van der Waals surface area contributed by atoms with Crippen molar-refractivity contribution in [3.63, 3.8) is 0 Å². The Kier molecular flexibility index (Phi) is 9.64. The molecule has 0 radical (unpaired) electrons. The first-order chi connectivity index (χ1) is 12.3. The number of hydrogen-bond donors (Lipinski definition) is 2. The van der Waals surface area contributed by atoms with Crippen molar-refractivity contribution in [1.82, 2.24) is 15.5 Å². The number of alkyl halides is 3. The highest BCUT2D eigenvalue weighted by Crippen LogP contribution is 2.16. The Labute approximate surface area is 152 Å². The van der Waals surface area contributed by atoms with Gasteiger partial charge in [0.15, 0.2) is 5.96 Å². The number of halogens is 3. The Morgan fingerprint density at radius 3 is 2.31 bits per heavy atom. The zero-order valence-electron chi connectivity index (χ0n) is 15.4. The maximum absolute atomic E-state index is 12.2. The minimum atomic E-state index is -4.16. The smallest absolute Gasteiger partial charge is 0.401 e. The average molecular weight is 376 g/mol. The van der Waals surface area contributed by atoms with Gasteiger partial charge in [-0.2, -0.15) is 13.2 Å². The van der Waals surface area contributed by atoms with Crippen LogP contribution in [0.1, 0.15) is 6.42 Å². The highest BCUT2D eigenvalue weighted by Gasteiger charge is 2.28. The average Bonchev–Trinajstić information content (AvgIpc) is 2.59. The third-order valence-corrected chi connectivity index (χ3v) is 3.40. The van der Waals surface area contributed by atoms with E-state index in [1.807, 2.05) is 24.3 Å². The molecule has 0 aromatic heterocycles. The van der Waals surface area contributed by atoms with E-state index in [1.165, 1.54) is 11.9 Å². The third-order valence-electron chi connectivity index (χ3n) is 3.40. The maximum atomic E-state index is 12.2. The molecule has 26 heavy (non-hydrogen) atoms. The van der Waals surface area contributed by atoms with Crippen molar-refractivity contribution < 1.29 is 22.6 Å². The molecule has 148 valence electrons. The quantitative estimate of drug-likeness (QED) is 0.372. The van der Waals surface area contributed by atoms with Gasteiger partial charge in [0.2, 0.25) is 0 Å². The van der Waals surface area contributed by atoms with Crippen LogP contribution in [0.15, 0.2) is 29.3 Å². The summed E-state index contributed by atoms with van der Waals surface area (Å²) in [6, 6.07) is 7.28. The number of hydrogen-bond acceptors (Lipinski definition) is 4. The highest BCUT2D eigenvalue weighted by molar-refractivity contribution is 5.79. The van der Waals surface area contributed by atoms with Gasteiger partial charge in [0.1, 0.15) is 18.1 Å². The van der Waals surface area contributed by atoms with Gasteiger partial charge < -0.3 is 20.1 Å². The van der Waals surface area contributed by atoms with E-state index in [2.05, 4.69) is 15.6 Å². The van der Waals surface area contributed by atoms with Gasteiger partial charge in [0.25, 0.3) is 0 Å². The number of guanidine groups is 1. The van der Waals surface area contributed by atoms with Crippen molar-refractivity contribution in [1.29, 1.82) is 0 Å². The largest absolute Gasteiger partial charge is 0.497 e. The molecule has 0 aliphatic rings. The summed E-state index contributed by atoms with van der Waals surface area (Å²) in [5.74, 6) is 2.09. The zero-order valence-corrected chi connectivity index (χ0v) is 15.4. The molecule has 0 atom stereocenters. The fourth-order valence-electron chi connectivity index (χ4n) is 2.17. The molecule has 0 spiro atoms. The van der Waals surface area contributed by atoms with Gasteiger partial charge in [0, 0.05) is 13.6 Å². The van der Waals surface area contributed by atoms with Crippen LogP contribution in [-0.2, 0) is 0 Å². The molecule has 0 fully saturated rings. The van der Waals surface area contributed by atoms with E-state index < -0.39 is 12.7 Å². The van der Waals surface area contributed by atoms with Crippen LogP contribution in [0.5, 0.6) is 11.5 Å². The van der Waals surface area contributed by atoms with E-state index in [1.54, 1.807) is 14.2 Å². The van der Waals surface area contributed by atoms with Crippen LogP contribution in [0.3, 0.4) is 0 Å². The maximum Gasteiger partial charge on any atom is 0.401 e. The van der Waals surface area contributed by atoms with Crippen LogP contribution < -0.4 is 20.1 Å². The summed E-state index contributed by atoms with van der Waals surface area (Å²) in [6.45, 7) is 0.967. The lowest BCUT2D eigenvalue weighted by Gasteiger charge is -2.19. The third kappa shape index (κ3) is 9.97. The molecule has 0 amide bonds. The van der Waals surface area contributed by atoms with Crippen molar-refractivity contribution >= 4 is 5.96 Å². The normalized spacial score (nSPS) is 12.2. The van der Waals surface area contributed by atoms with Crippen LogP contribution in [-0.4, -0.2) is 71.0 Å². The van der Waals surface area contributed by atoms with E-state index >= 15 is 0 Å². The second-order valence-electron chi connectivity index (χ2n) is 5.66. The lowest BCUT2D eigenvalue weighted by molar-refractivity contribution is -0.143. The SMILES string of the molecule is CN=C(NCCCN(C)CC(F)(F)F)NCCOc1ccc(OC)cc1. The topological polar surface area (TPSA) is 58.1 Å². The van der Waals surface area contributed by atoms with E-state index in [4.69, 9.17) is 9.47 Å². The van der Waals surface area contributed by atoms with Gasteiger partial charge >= 0.3 is 6.18 Å². The number of ether oxygens (including phenoxy) is 2. The summed E-state index contributed by atoms with van der Waals surface area (Å²) >= 11 is 0. The summed E-state index contributed by atoms with van der Waals surface area (Å²) in [4.78, 5) is 5.31. The molecule has 0 saturated carbocycles. The molecule has 6 nitrogen and oxygen atoms in total. The number of nitrogens with one attached hydrogen (secondary N) is 2. The minimum Gasteiger partial charge on any atom is -0.497 e. The molecule has 0 aliphatic carbocycles. The summed E-state index contributed by atoms with van der Waals surface area (Å²) in [5.41, 5.74) is 0. The summed E-state index contributed by atoms with van der Waals surface area (Å²) in [7, 11) is 4.69. The van der Waals surface area contributed by atoms with Crippen molar-refractivity contribution in [2.75, 3.05) is 54.0 Å². The van der Waals surface area contributed by atoms with Gasteiger partial charge in [-0.15, -0.1) is 0 Å². The minimum absolute atomic E-state index is 0.351. The molecule has 1 aromatic rings. The Morgan fingerprint density at radius 1 is 1.12 bits per heavy atom. The summed E-state index contributed by atoms with van der Waals surface area (Å²) in [6.07, 6.45) is -3.58. The number of methoxy groups -OCH3 is 1. The van der Waals surface area contributed by atoms with Crippen LogP contribution in [0.2, 0.25) is 0 Å². The Bertz CT molecular complexity index is 536. The molecule has 9 heteroatoms. The molecular formula is C17H27F3N4O2. The van der Waals surface area contributed by atoms with Gasteiger partial charge in [-0.25, -0.2) is 0 Å². The monoisotopic (exact) mass is 376 g/mol. The van der Waals surface area contributed by atoms with E-state index in [0.717, 1.165) is 11.5 Å². The van der Waals surface area contributed by atoms with Crippen molar-refractivity contribution in [2.24, 2.45) is 4.99 Å². The van der Waals surface area contributed by atoms with E-state index in [9.17, 15) is 13.2 Å². The predicted octanol–water partition coefficient (Wildman–Crippen LogP) is 2.12. The van der Waals surface area contributed by atoms with Crippen molar-refractivity contribution in [3.05, 3.63) is 24.3 Å². The second-order valence-corrected chi connectivity index (χ2v) is 5.66. The highest BCUT2D eigenvalue weighted by atomic mass is 19.4. The second kappa shape index (κ2) is 11.5. The van der Waals surface area contributed by atoms with Crippen LogP contribution in [0.4, 0.5) is 13.2 Å². The molecule has 0 bridgehead atoms. The number of nitrogens with zero attached hydrogens (tertiary/aromatic N) is 2. The van der Waals surface area contributed by atoms with Crippen LogP contribution >= 0.6 is 0 Å².